The summed E-state index contributed by atoms with van der Waals surface area (Å²) in [7, 11) is 1.60. The molecule has 0 spiro atoms. The lowest BCUT2D eigenvalue weighted by atomic mass is 10.1. The summed E-state index contributed by atoms with van der Waals surface area (Å²) in [6.07, 6.45) is 1.38. The lowest BCUT2D eigenvalue weighted by Crippen LogP contribution is -2.46. The summed E-state index contributed by atoms with van der Waals surface area (Å²) in [4.78, 5) is 25.2. The van der Waals surface area contributed by atoms with Crippen molar-refractivity contribution in [2.75, 3.05) is 13.6 Å². The van der Waals surface area contributed by atoms with Crippen LogP contribution in [0.25, 0.3) is 0 Å². The zero-order chi connectivity index (χ0) is 13.2. The van der Waals surface area contributed by atoms with Crippen LogP contribution in [0.1, 0.15) is 26.7 Å². The van der Waals surface area contributed by atoms with Gasteiger partial charge < -0.3 is 16.0 Å². The van der Waals surface area contributed by atoms with Crippen LogP contribution in [0.4, 0.5) is 0 Å². The fourth-order valence-electron chi connectivity index (χ4n) is 1.71. The highest BCUT2D eigenvalue weighted by Gasteiger charge is 2.54. The molecule has 0 radical (unpaired) electrons. The minimum Gasteiger partial charge on any atom is -0.392 e. The van der Waals surface area contributed by atoms with Gasteiger partial charge in [0.15, 0.2) is 0 Å². The zero-order valence-electron chi connectivity index (χ0n) is 10.4. The first-order valence-corrected chi connectivity index (χ1v) is 6.05. The Hall–Kier alpha value is -1.17. The van der Waals surface area contributed by atoms with Gasteiger partial charge in [-0.1, -0.05) is 12.2 Å². The molecule has 0 aliphatic heterocycles. The minimum atomic E-state index is -0.678. The Labute approximate surface area is 107 Å². The minimum absolute atomic E-state index is 0.0430. The predicted molar refractivity (Wildman–Crippen MR) is 69.4 cm³/mol. The molecule has 0 aromatic carbocycles. The molecule has 6 heteroatoms. The molecule has 0 saturated heterocycles. The van der Waals surface area contributed by atoms with Crippen LogP contribution in [0, 0.1) is 5.41 Å². The molecule has 0 aromatic heterocycles. The average molecular weight is 257 g/mol. The van der Waals surface area contributed by atoms with Crippen molar-refractivity contribution in [1.82, 2.24) is 10.2 Å². The fourth-order valence-corrected chi connectivity index (χ4v) is 2.00. The topological polar surface area (TPSA) is 75.4 Å². The molecule has 1 rings (SSSR count). The van der Waals surface area contributed by atoms with E-state index in [1.54, 1.807) is 7.05 Å². The van der Waals surface area contributed by atoms with Crippen LogP contribution in [0.5, 0.6) is 0 Å². The second-order valence-corrected chi connectivity index (χ2v) is 5.27. The molecule has 0 heterocycles. The lowest BCUT2D eigenvalue weighted by molar-refractivity contribution is -0.137. The molecule has 17 heavy (non-hydrogen) atoms. The molecule has 0 atom stereocenters. The van der Waals surface area contributed by atoms with Crippen LogP contribution >= 0.6 is 12.2 Å². The number of nitrogens with two attached hydrogens (primary N) is 1. The quantitative estimate of drug-likeness (QED) is 0.682. The van der Waals surface area contributed by atoms with Crippen LogP contribution in [0.3, 0.4) is 0 Å². The van der Waals surface area contributed by atoms with E-state index in [4.69, 9.17) is 18.0 Å². The molecule has 1 fully saturated rings. The maximum atomic E-state index is 12.1. The lowest BCUT2D eigenvalue weighted by Gasteiger charge is -2.22. The number of nitrogens with one attached hydrogen (secondary N) is 1. The highest BCUT2D eigenvalue weighted by molar-refractivity contribution is 7.80. The third-order valence-electron chi connectivity index (χ3n) is 2.81. The molecule has 96 valence electrons. The van der Waals surface area contributed by atoms with Gasteiger partial charge in [0.2, 0.25) is 11.8 Å². The molecule has 0 bridgehead atoms. The van der Waals surface area contributed by atoms with Gasteiger partial charge in [0.1, 0.15) is 0 Å². The van der Waals surface area contributed by atoms with Crippen LogP contribution in [-0.4, -0.2) is 41.3 Å². The summed E-state index contributed by atoms with van der Waals surface area (Å²) < 4.78 is 0. The Morgan fingerprint density at radius 2 is 2.00 bits per heavy atom. The molecule has 1 aliphatic rings. The molecular formula is C11H19N3O2S. The van der Waals surface area contributed by atoms with Crippen LogP contribution < -0.4 is 11.1 Å². The van der Waals surface area contributed by atoms with Crippen molar-refractivity contribution in [3.63, 3.8) is 0 Å². The van der Waals surface area contributed by atoms with Crippen LogP contribution in [-0.2, 0) is 9.59 Å². The van der Waals surface area contributed by atoms with Crippen molar-refractivity contribution in [2.45, 2.75) is 32.7 Å². The Bertz CT molecular complexity index is 351. The molecule has 5 nitrogen and oxygen atoms in total. The van der Waals surface area contributed by atoms with Gasteiger partial charge in [0.25, 0.3) is 0 Å². The Balaban J connectivity index is 2.54. The Morgan fingerprint density at radius 3 is 2.35 bits per heavy atom. The van der Waals surface area contributed by atoms with E-state index in [9.17, 15) is 9.59 Å². The van der Waals surface area contributed by atoms with E-state index in [1.807, 2.05) is 13.8 Å². The Morgan fingerprint density at radius 1 is 1.47 bits per heavy atom. The number of likely N-dealkylation sites (N-methyl/N-ethyl adjacent to an activating group) is 1. The van der Waals surface area contributed by atoms with Crippen LogP contribution in [0.15, 0.2) is 0 Å². The number of hydrogen-bond donors (Lipinski definition) is 2. The number of carbonyl (C=O) groups excluding carboxylic acids is 2. The van der Waals surface area contributed by atoms with E-state index < -0.39 is 5.41 Å². The first-order chi connectivity index (χ1) is 7.79. The Kier molecular flexibility index (Phi) is 4.08. The number of rotatable bonds is 5. The van der Waals surface area contributed by atoms with Crippen LogP contribution in [0.2, 0.25) is 0 Å². The summed E-state index contributed by atoms with van der Waals surface area (Å²) in [6, 6.07) is 0.0662. The number of amides is 2. The molecule has 0 aromatic rings. The van der Waals surface area contributed by atoms with Crippen molar-refractivity contribution in [1.29, 1.82) is 0 Å². The van der Waals surface area contributed by atoms with Crippen molar-refractivity contribution >= 4 is 29.0 Å². The average Bonchev–Trinajstić information content (AvgIpc) is 2.95. The summed E-state index contributed by atoms with van der Waals surface area (Å²) in [5, 5.41) is 2.73. The summed E-state index contributed by atoms with van der Waals surface area (Å²) in [6.45, 7) is 3.79. The van der Waals surface area contributed by atoms with Gasteiger partial charge in [0.05, 0.1) is 16.9 Å². The monoisotopic (exact) mass is 257 g/mol. The first kappa shape index (κ1) is 13.9. The van der Waals surface area contributed by atoms with E-state index in [1.165, 1.54) is 4.90 Å². The maximum absolute atomic E-state index is 12.1. The fraction of sp³-hybridized carbons (Fsp3) is 0.727. The predicted octanol–water partition coefficient (Wildman–Crippen LogP) is 0.0357. The van der Waals surface area contributed by atoms with E-state index in [0.717, 1.165) is 0 Å². The van der Waals surface area contributed by atoms with Gasteiger partial charge in [-0.3, -0.25) is 9.59 Å². The standard InChI is InChI=1S/C11H19N3O2S/c1-7(2)13-8(15)6-14(3)10(16)11(4-5-11)9(12)17/h7H,4-6H2,1-3H3,(H2,12,17)(H,13,15). The van der Waals surface area contributed by atoms with Gasteiger partial charge >= 0.3 is 0 Å². The highest BCUT2D eigenvalue weighted by Crippen LogP contribution is 2.47. The van der Waals surface area contributed by atoms with E-state index in [2.05, 4.69) is 5.32 Å². The summed E-state index contributed by atoms with van der Waals surface area (Å²) in [5.74, 6) is -0.321. The third kappa shape index (κ3) is 3.15. The second-order valence-electron chi connectivity index (χ2n) is 4.83. The summed E-state index contributed by atoms with van der Waals surface area (Å²) in [5.41, 5.74) is 4.89. The van der Waals surface area contributed by atoms with E-state index >= 15 is 0 Å². The normalized spacial score (nSPS) is 16.5. The van der Waals surface area contributed by atoms with E-state index in [0.29, 0.717) is 12.8 Å². The van der Waals surface area contributed by atoms with E-state index in [-0.39, 0.29) is 29.4 Å². The summed E-state index contributed by atoms with van der Waals surface area (Å²) >= 11 is 4.90. The molecule has 2 amide bonds. The number of carbonyl (C=O) groups is 2. The van der Waals surface area contributed by atoms with Gasteiger partial charge in [-0.05, 0) is 26.7 Å². The zero-order valence-corrected chi connectivity index (χ0v) is 11.3. The highest BCUT2D eigenvalue weighted by atomic mass is 32.1. The van der Waals surface area contributed by atoms with Crippen molar-refractivity contribution in [2.24, 2.45) is 11.1 Å². The smallest absolute Gasteiger partial charge is 0.239 e. The molecular weight excluding hydrogens is 238 g/mol. The second kappa shape index (κ2) is 5.00. The van der Waals surface area contributed by atoms with Gasteiger partial charge in [-0.25, -0.2) is 0 Å². The molecule has 0 unspecified atom stereocenters. The first-order valence-electron chi connectivity index (χ1n) is 5.64. The van der Waals surface area contributed by atoms with Crippen molar-refractivity contribution < 1.29 is 9.59 Å². The van der Waals surface area contributed by atoms with Gasteiger partial charge in [-0.2, -0.15) is 0 Å². The number of thiocarbonyl (C=S) groups is 1. The van der Waals surface area contributed by atoms with Gasteiger partial charge in [-0.15, -0.1) is 0 Å². The van der Waals surface area contributed by atoms with Gasteiger partial charge in [0, 0.05) is 13.1 Å². The molecule has 1 aliphatic carbocycles. The maximum Gasteiger partial charge on any atom is 0.239 e. The van der Waals surface area contributed by atoms with Crippen molar-refractivity contribution in [3.8, 4) is 0 Å². The molecule has 1 saturated carbocycles. The number of hydrogen-bond acceptors (Lipinski definition) is 3. The van der Waals surface area contributed by atoms with Crippen molar-refractivity contribution in [3.05, 3.63) is 0 Å². The SMILES string of the molecule is CC(C)NC(=O)CN(C)C(=O)C1(C(N)=S)CC1. The largest absolute Gasteiger partial charge is 0.392 e. The molecule has 3 N–H and O–H groups in total. The number of nitrogens with zero attached hydrogens (tertiary/aromatic N) is 1. The third-order valence-corrected chi connectivity index (χ3v) is 3.20.